The molecule has 1 atom stereocenters. The Morgan fingerprint density at radius 3 is 2.45 bits per heavy atom. The number of hydrogen-bond donors (Lipinski definition) is 0. The van der Waals surface area contributed by atoms with Gasteiger partial charge in [0, 0.05) is 23.4 Å². The molecule has 0 saturated carbocycles. The Kier molecular flexibility index (Phi) is 3.67. The predicted octanol–water partition coefficient (Wildman–Crippen LogP) is 3.73. The lowest BCUT2D eigenvalue weighted by molar-refractivity contribution is 0.393. The summed E-state index contributed by atoms with van der Waals surface area (Å²) in [4.78, 5) is 12.2. The molecule has 0 amide bonds. The molecule has 3 aromatic rings. The molecular weight excluding hydrogens is 276 g/mol. The average molecular weight is 294 g/mol. The standard InChI is InChI=1S/C18H18N2O2/c1-12-18(14(3)22-19-12)16-9-10-17(21)20(11-16)13(2)15-7-5-4-6-8-15/h4-11,13H,1-3H3/t13-/m0/s1. The smallest absolute Gasteiger partial charge is 0.251 e. The van der Waals surface area contributed by atoms with E-state index in [0.717, 1.165) is 28.1 Å². The zero-order chi connectivity index (χ0) is 15.7. The summed E-state index contributed by atoms with van der Waals surface area (Å²) in [6, 6.07) is 13.4. The second-order valence-corrected chi connectivity index (χ2v) is 5.45. The average Bonchev–Trinajstić information content (AvgIpc) is 2.87. The highest BCUT2D eigenvalue weighted by molar-refractivity contribution is 5.66. The van der Waals surface area contributed by atoms with Gasteiger partial charge in [-0.3, -0.25) is 4.79 Å². The highest BCUT2D eigenvalue weighted by atomic mass is 16.5. The van der Waals surface area contributed by atoms with E-state index in [1.54, 1.807) is 10.6 Å². The minimum Gasteiger partial charge on any atom is -0.361 e. The lowest BCUT2D eigenvalue weighted by Gasteiger charge is -2.16. The molecule has 0 N–H and O–H groups in total. The molecule has 0 unspecified atom stereocenters. The number of nitrogens with zero attached hydrogens (tertiary/aromatic N) is 2. The van der Waals surface area contributed by atoms with Gasteiger partial charge in [-0.25, -0.2) is 0 Å². The fourth-order valence-corrected chi connectivity index (χ4v) is 2.74. The van der Waals surface area contributed by atoms with Gasteiger partial charge in [0.05, 0.1) is 11.7 Å². The first-order valence-electron chi connectivity index (χ1n) is 7.28. The Morgan fingerprint density at radius 1 is 1.09 bits per heavy atom. The molecule has 0 aliphatic carbocycles. The van der Waals surface area contributed by atoms with E-state index < -0.39 is 0 Å². The van der Waals surface area contributed by atoms with Gasteiger partial charge < -0.3 is 9.09 Å². The summed E-state index contributed by atoms with van der Waals surface area (Å²) in [5.41, 5.74) is 3.80. The van der Waals surface area contributed by atoms with Crippen molar-refractivity contribution in [2.24, 2.45) is 0 Å². The molecule has 0 saturated heterocycles. The molecule has 0 aliphatic rings. The predicted molar refractivity (Wildman–Crippen MR) is 85.9 cm³/mol. The molecule has 0 bridgehead atoms. The van der Waals surface area contributed by atoms with Crippen molar-refractivity contribution in [2.75, 3.05) is 0 Å². The monoisotopic (exact) mass is 294 g/mol. The summed E-state index contributed by atoms with van der Waals surface area (Å²) in [6.45, 7) is 5.81. The van der Waals surface area contributed by atoms with Crippen LogP contribution in [0.4, 0.5) is 0 Å². The number of rotatable bonds is 3. The van der Waals surface area contributed by atoms with E-state index in [9.17, 15) is 4.79 Å². The van der Waals surface area contributed by atoms with Gasteiger partial charge in [0.15, 0.2) is 0 Å². The summed E-state index contributed by atoms with van der Waals surface area (Å²) < 4.78 is 6.97. The molecule has 0 radical (unpaired) electrons. The number of benzene rings is 1. The maximum Gasteiger partial charge on any atom is 0.251 e. The third kappa shape index (κ3) is 2.48. The minimum atomic E-state index is -0.0332. The van der Waals surface area contributed by atoms with E-state index in [1.807, 2.05) is 63.4 Å². The molecule has 2 aromatic heterocycles. The second kappa shape index (κ2) is 5.64. The molecule has 0 fully saturated rings. The van der Waals surface area contributed by atoms with Gasteiger partial charge in [0.25, 0.3) is 5.56 Å². The van der Waals surface area contributed by atoms with Crippen LogP contribution in [0.15, 0.2) is 58.0 Å². The van der Waals surface area contributed by atoms with Crippen molar-refractivity contribution in [3.8, 4) is 11.1 Å². The summed E-state index contributed by atoms with van der Waals surface area (Å²) in [5, 5.41) is 3.99. The molecular formula is C18H18N2O2. The van der Waals surface area contributed by atoms with Gasteiger partial charge in [-0.05, 0) is 32.4 Å². The van der Waals surface area contributed by atoms with Crippen LogP contribution in [-0.4, -0.2) is 9.72 Å². The van der Waals surface area contributed by atoms with Crippen molar-refractivity contribution in [1.29, 1.82) is 0 Å². The molecule has 4 heteroatoms. The summed E-state index contributed by atoms with van der Waals surface area (Å²) in [6.07, 6.45) is 1.88. The van der Waals surface area contributed by atoms with Crippen molar-refractivity contribution in [3.05, 3.63) is 76.0 Å². The third-order valence-corrected chi connectivity index (χ3v) is 3.96. The van der Waals surface area contributed by atoms with Crippen molar-refractivity contribution in [2.45, 2.75) is 26.8 Å². The lowest BCUT2D eigenvalue weighted by atomic mass is 10.0. The van der Waals surface area contributed by atoms with Crippen LogP contribution in [0.25, 0.3) is 11.1 Å². The van der Waals surface area contributed by atoms with E-state index in [4.69, 9.17) is 4.52 Å². The summed E-state index contributed by atoms with van der Waals surface area (Å²) >= 11 is 0. The van der Waals surface area contributed by atoms with E-state index in [2.05, 4.69) is 5.16 Å². The highest BCUT2D eigenvalue weighted by Crippen LogP contribution is 2.27. The van der Waals surface area contributed by atoms with E-state index in [-0.39, 0.29) is 11.6 Å². The van der Waals surface area contributed by atoms with Crippen LogP contribution < -0.4 is 5.56 Å². The first kappa shape index (κ1) is 14.3. The van der Waals surface area contributed by atoms with Crippen LogP contribution >= 0.6 is 0 Å². The maximum atomic E-state index is 12.2. The fraction of sp³-hybridized carbons (Fsp3) is 0.222. The van der Waals surface area contributed by atoms with Crippen LogP contribution in [-0.2, 0) is 0 Å². The SMILES string of the molecule is Cc1noc(C)c1-c1ccc(=O)n([C@@H](C)c2ccccc2)c1. The zero-order valence-electron chi connectivity index (χ0n) is 12.9. The highest BCUT2D eigenvalue weighted by Gasteiger charge is 2.15. The second-order valence-electron chi connectivity index (χ2n) is 5.45. The van der Waals surface area contributed by atoms with Crippen molar-refractivity contribution in [3.63, 3.8) is 0 Å². The first-order chi connectivity index (χ1) is 10.6. The topological polar surface area (TPSA) is 48.0 Å². The number of pyridine rings is 1. The van der Waals surface area contributed by atoms with E-state index in [1.165, 1.54) is 0 Å². The zero-order valence-corrected chi connectivity index (χ0v) is 12.9. The maximum absolute atomic E-state index is 12.2. The van der Waals surface area contributed by atoms with Gasteiger partial charge in [-0.1, -0.05) is 35.5 Å². The van der Waals surface area contributed by atoms with Crippen LogP contribution in [0.2, 0.25) is 0 Å². The molecule has 1 aromatic carbocycles. The molecule has 2 heterocycles. The van der Waals surface area contributed by atoms with Gasteiger partial charge >= 0.3 is 0 Å². The summed E-state index contributed by atoms with van der Waals surface area (Å²) in [5.74, 6) is 0.759. The number of aryl methyl sites for hydroxylation is 2. The molecule has 0 spiro atoms. The Balaban J connectivity index is 2.10. The lowest BCUT2D eigenvalue weighted by Crippen LogP contribution is -2.22. The van der Waals surface area contributed by atoms with Crippen LogP contribution in [0.5, 0.6) is 0 Å². The normalized spacial score (nSPS) is 12.3. The largest absolute Gasteiger partial charge is 0.361 e. The fourth-order valence-electron chi connectivity index (χ4n) is 2.74. The van der Waals surface area contributed by atoms with Gasteiger partial charge in [0.2, 0.25) is 0 Å². The van der Waals surface area contributed by atoms with Crippen LogP contribution in [0, 0.1) is 13.8 Å². The molecule has 0 aliphatic heterocycles. The van der Waals surface area contributed by atoms with Crippen molar-refractivity contribution < 1.29 is 4.52 Å². The van der Waals surface area contributed by atoms with Crippen LogP contribution in [0.1, 0.15) is 30.0 Å². The number of aromatic nitrogens is 2. The van der Waals surface area contributed by atoms with Crippen molar-refractivity contribution >= 4 is 0 Å². The Morgan fingerprint density at radius 2 is 1.82 bits per heavy atom. The quantitative estimate of drug-likeness (QED) is 0.739. The van der Waals surface area contributed by atoms with Crippen molar-refractivity contribution in [1.82, 2.24) is 9.72 Å². The number of hydrogen-bond acceptors (Lipinski definition) is 3. The van der Waals surface area contributed by atoms with E-state index >= 15 is 0 Å². The molecule has 4 nitrogen and oxygen atoms in total. The van der Waals surface area contributed by atoms with E-state index in [0.29, 0.717) is 0 Å². The Hall–Kier alpha value is -2.62. The van der Waals surface area contributed by atoms with Crippen LogP contribution in [0.3, 0.4) is 0 Å². The molecule has 3 rings (SSSR count). The van der Waals surface area contributed by atoms with Gasteiger partial charge in [-0.2, -0.15) is 0 Å². The minimum absolute atomic E-state index is 0.0214. The molecule has 112 valence electrons. The van der Waals surface area contributed by atoms with Gasteiger partial charge in [0.1, 0.15) is 5.76 Å². The molecule has 22 heavy (non-hydrogen) atoms. The first-order valence-corrected chi connectivity index (χ1v) is 7.28. The Labute approximate surface area is 129 Å². The summed E-state index contributed by atoms with van der Waals surface area (Å²) in [7, 11) is 0. The van der Waals surface area contributed by atoms with Gasteiger partial charge in [-0.15, -0.1) is 0 Å². The third-order valence-electron chi connectivity index (χ3n) is 3.96. The Bertz CT molecular complexity index is 828.